The van der Waals surface area contributed by atoms with Gasteiger partial charge in [0.05, 0.1) is 18.7 Å². The van der Waals surface area contributed by atoms with Crippen molar-refractivity contribution in [2.24, 2.45) is 5.92 Å². The van der Waals surface area contributed by atoms with Crippen LogP contribution < -0.4 is 9.64 Å². The van der Waals surface area contributed by atoms with Crippen molar-refractivity contribution >= 4 is 17.6 Å². The van der Waals surface area contributed by atoms with Gasteiger partial charge >= 0.3 is 5.97 Å². The summed E-state index contributed by atoms with van der Waals surface area (Å²) in [5, 5.41) is 0. The minimum atomic E-state index is -0.253. The Labute approximate surface area is 135 Å². The molecule has 1 aromatic carbocycles. The lowest BCUT2D eigenvalue weighted by Crippen LogP contribution is -2.40. The summed E-state index contributed by atoms with van der Waals surface area (Å²) >= 11 is 0. The van der Waals surface area contributed by atoms with E-state index in [0.29, 0.717) is 30.5 Å². The molecule has 1 aliphatic heterocycles. The minimum absolute atomic E-state index is 0.0144. The van der Waals surface area contributed by atoms with E-state index in [-0.39, 0.29) is 24.9 Å². The van der Waals surface area contributed by atoms with Crippen LogP contribution in [0.15, 0.2) is 36.4 Å². The molecular formula is C18H21NO4. The first-order valence-corrected chi connectivity index (χ1v) is 8.07. The van der Waals surface area contributed by atoms with Crippen molar-refractivity contribution in [2.45, 2.75) is 25.7 Å². The Morgan fingerprint density at radius 2 is 2.17 bits per heavy atom. The molecule has 0 aromatic heterocycles. The Hall–Kier alpha value is -2.30. The predicted octanol–water partition coefficient (Wildman–Crippen LogP) is 2.70. The van der Waals surface area contributed by atoms with Crippen molar-refractivity contribution in [1.29, 1.82) is 0 Å². The highest BCUT2D eigenvalue weighted by molar-refractivity contribution is 5.98. The topological polar surface area (TPSA) is 55.8 Å². The molecule has 23 heavy (non-hydrogen) atoms. The molecule has 0 saturated carbocycles. The molecule has 0 saturated heterocycles. The second-order valence-corrected chi connectivity index (χ2v) is 5.89. The molecule has 1 aliphatic carbocycles. The maximum absolute atomic E-state index is 12.0. The first kappa shape index (κ1) is 15.6. The van der Waals surface area contributed by atoms with Gasteiger partial charge < -0.3 is 14.4 Å². The largest absolute Gasteiger partial charge is 0.482 e. The highest BCUT2D eigenvalue weighted by atomic mass is 16.5. The van der Waals surface area contributed by atoms with E-state index in [4.69, 9.17) is 9.47 Å². The molecule has 0 bridgehead atoms. The molecule has 3 rings (SSSR count). The first-order chi connectivity index (χ1) is 11.2. The summed E-state index contributed by atoms with van der Waals surface area (Å²) in [5.74, 6) is 0.717. The van der Waals surface area contributed by atoms with E-state index < -0.39 is 0 Å². The summed E-state index contributed by atoms with van der Waals surface area (Å²) in [6, 6.07) is 7.36. The lowest BCUT2D eigenvalue weighted by atomic mass is 9.95. The molecule has 1 amide bonds. The summed E-state index contributed by atoms with van der Waals surface area (Å²) in [6.45, 7) is 0.805. The van der Waals surface area contributed by atoms with Gasteiger partial charge in [0.25, 0.3) is 5.91 Å². The average molecular weight is 315 g/mol. The van der Waals surface area contributed by atoms with E-state index in [2.05, 4.69) is 12.2 Å². The lowest BCUT2D eigenvalue weighted by Gasteiger charge is -2.29. The zero-order chi connectivity index (χ0) is 16.1. The van der Waals surface area contributed by atoms with Crippen LogP contribution in [0.4, 0.5) is 5.69 Å². The van der Waals surface area contributed by atoms with E-state index >= 15 is 0 Å². The van der Waals surface area contributed by atoms with Gasteiger partial charge in [-0.05, 0) is 37.3 Å². The van der Waals surface area contributed by atoms with E-state index in [1.54, 1.807) is 4.90 Å². The van der Waals surface area contributed by atoms with E-state index in [9.17, 15) is 9.59 Å². The fraction of sp³-hybridized carbons (Fsp3) is 0.444. The minimum Gasteiger partial charge on any atom is -0.482 e. The van der Waals surface area contributed by atoms with Gasteiger partial charge in [0.2, 0.25) is 0 Å². The number of anilines is 1. The Balaban J connectivity index is 1.50. The number of benzene rings is 1. The smallest absolute Gasteiger partial charge is 0.307 e. The molecule has 0 radical (unpaired) electrons. The molecule has 5 nitrogen and oxygen atoms in total. The molecule has 0 N–H and O–H groups in total. The van der Waals surface area contributed by atoms with Crippen molar-refractivity contribution in [3.05, 3.63) is 36.4 Å². The highest BCUT2D eigenvalue weighted by Crippen LogP contribution is 2.31. The van der Waals surface area contributed by atoms with Gasteiger partial charge in [0.1, 0.15) is 5.75 Å². The molecular weight excluding hydrogens is 294 g/mol. The van der Waals surface area contributed by atoms with E-state index in [1.807, 2.05) is 24.3 Å². The monoisotopic (exact) mass is 315 g/mol. The van der Waals surface area contributed by atoms with Crippen LogP contribution in [0.3, 0.4) is 0 Å². The van der Waals surface area contributed by atoms with Crippen LogP contribution in [0.5, 0.6) is 5.75 Å². The number of fused-ring (bicyclic) bond motifs is 1. The van der Waals surface area contributed by atoms with Gasteiger partial charge in [-0.25, -0.2) is 0 Å². The van der Waals surface area contributed by atoms with Crippen LogP contribution in [0.1, 0.15) is 25.7 Å². The predicted molar refractivity (Wildman–Crippen MR) is 86.3 cm³/mol. The molecule has 2 aliphatic rings. The average Bonchev–Trinajstić information content (AvgIpc) is 2.60. The third-order valence-electron chi connectivity index (χ3n) is 4.21. The fourth-order valence-corrected chi connectivity index (χ4v) is 2.89. The molecule has 5 heteroatoms. The maximum Gasteiger partial charge on any atom is 0.307 e. The maximum atomic E-state index is 12.0. The van der Waals surface area contributed by atoms with Gasteiger partial charge in [-0.15, -0.1) is 0 Å². The first-order valence-electron chi connectivity index (χ1n) is 8.07. The lowest BCUT2D eigenvalue weighted by molar-refractivity contribution is -0.144. The molecule has 122 valence electrons. The Morgan fingerprint density at radius 1 is 1.30 bits per heavy atom. The molecule has 1 heterocycles. The number of para-hydroxylation sites is 2. The number of carbonyl (C=O) groups excluding carboxylic acids is 2. The Morgan fingerprint density at radius 3 is 3.00 bits per heavy atom. The third kappa shape index (κ3) is 3.92. The van der Waals surface area contributed by atoms with Crippen LogP contribution in [0.25, 0.3) is 0 Å². The van der Waals surface area contributed by atoms with Gasteiger partial charge in [0.15, 0.2) is 6.61 Å². The fourth-order valence-electron chi connectivity index (χ4n) is 2.89. The molecule has 1 atom stereocenters. The number of hydrogen-bond donors (Lipinski definition) is 0. The van der Waals surface area contributed by atoms with Gasteiger partial charge in [-0.3, -0.25) is 9.59 Å². The number of hydrogen-bond acceptors (Lipinski definition) is 4. The second-order valence-electron chi connectivity index (χ2n) is 5.89. The number of nitrogens with zero attached hydrogens (tertiary/aromatic N) is 1. The summed E-state index contributed by atoms with van der Waals surface area (Å²) in [5.41, 5.74) is 0.717. The van der Waals surface area contributed by atoms with Crippen molar-refractivity contribution in [3.8, 4) is 5.75 Å². The summed E-state index contributed by atoms with van der Waals surface area (Å²) < 4.78 is 10.7. The van der Waals surface area contributed by atoms with E-state index in [0.717, 1.165) is 19.3 Å². The molecule has 0 fully saturated rings. The number of amides is 1. The van der Waals surface area contributed by atoms with Crippen molar-refractivity contribution < 1.29 is 19.1 Å². The zero-order valence-electron chi connectivity index (χ0n) is 13.1. The Bertz CT molecular complexity index is 611. The van der Waals surface area contributed by atoms with Gasteiger partial charge in [0, 0.05) is 6.54 Å². The summed E-state index contributed by atoms with van der Waals surface area (Å²) in [4.78, 5) is 25.6. The zero-order valence-corrected chi connectivity index (χ0v) is 13.1. The number of allylic oxidation sites excluding steroid dienone is 2. The molecule has 1 aromatic rings. The van der Waals surface area contributed by atoms with Crippen LogP contribution in [0.2, 0.25) is 0 Å². The number of esters is 1. The number of carbonyl (C=O) groups is 2. The van der Waals surface area contributed by atoms with Crippen molar-refractivity contribution in [2.75, 3.05) is 24.7 Å². The molecule has 1 unspecified atom stereocenters. The second kappa shape index (κ2) is 7.31. The number of rotatable bonds is 5. The van der Waals surface area contributed by atoms with Crippen LogP contribution >= 0.6 is 0 Å². The highest BCUT2D eigenvalue weighted by Gasteiger charge is 2.25. The summed E-state index contributed by atoms with van der Waals surface area (Å²) in [6.07, 6.45) is 7.61. The van der Waals surface area contributed by atoms with Crippen LogP contribution in [-0.4, -0.2) is 31.6 Å². The van der Waals surface area contributed by atoms with Gasteiger partial charge in [-0.1, -0.05) is 24.3 Å². The quantitative estimate of drug-likeness (QED) is 0.619. The van der Waals surface area contributed by atoms with Gasteiger partial charge in [-0.2, -0.15) is 0 Å². The standard InChI is InChI=1S/C18H21NO4/c20-17-13-22-16-9-5-4-8-15(16)19(17)11-10-18(21)23-12-14-6-2-1-3-7-14/h1-2,4-5,8-9,14H,3,6-7,10-13H2. The number of ether oxygens (including phenoxy) is 2. The summed E-state index contributed by atoms with van der Waals surface area (Å²) in [7, 11) is 0. The molecule has 0 spiro atoms. The Kier molecular flexibility index (Phi) is 4.95. The van der Waals surface area contributed by atoms with Crippen LogP contribution in [0, 0.1) is 5.92 Å². The third-order valence-corrected chi connectivity index (χ3v) is 4.21. The van der Waals surface area contributed by atoms with Crippen LogP contribution in [-0.2, 0) is 14.3 Å². The van der Waals surface area contributed by atoms with Crippen molar-refractivity contribution in [1.82, 2.24) is 0 Å². The van der Waals surface area contributed by atoms with Crippen molar-refractivity contribution in [3.63, 3.8) is 0 Å². The normalized spacial score (nSPS) is 19.9. The SMILES string of the molecule is O=C(CCN1C(=O)COc2ccccc21)OCC1CC=CCC1. The van der Waals surface area contributed by atoms with E-state index in [1.165, 1.54) is 0 Å².